The number of halogens is 1. The van der Waals surface area contributed by atoms with E-state index >= 15 is 0 Å². The lowest BCUT2D eigenvalue weighted by molar-refractivity contribution is -0.139. The molecule has 0 saturated carbocycles. The minimum atomic E-state index is -1.14. The molecule has 0 radical (unpaired) electrons. The molecule has 25 heavy (non-hydrogen) atoms. The van der Waals surface area contributed by atoms with E-state index in [2.05, 4.69) is 26.1 Å². The Hall–Kier alpha value is -2.33. The Morgan fingerprint density at radius 3 is 2.68 bits per heavy atom. The van der Waals surface area contributed by atoms with Gasteiger partial charge in [-0.25, -0.2) is 9.59 Å². The SMILES string of the molecule is CCc1nnc(S/C(=C/c2ccc(OCC(=O)O)c(Br)c2)C(=O)O)o1. The van der Waals surface area contributed by atoms with Crippen molar-refractivity contribution < 1.29 is 29.0 Å². The minimum Gasteiger partial charge on any atom is -0.481 e. The standard InChI is InChI=1S/C15H13BrN2O6S/c1-2-12-17-18-15(24-12)25-11(14(21)22)6-8-3-4-10(9(16)5-8)23-7-13(19)20/h3-6H,2,7H2,1H3,(H,19,20)(H,21,22)/b11-6+. The topological polar surface area (TPSA) is 123 Å². The smallest absolute Gasteiger partial charge is 0.342 e. The predicted octanol–water partition coefficient (Wildman–Crippen LogP) is 3.08. The number of hydrogen-bond donors (Lipinski definition) is 2. The average Bonchev–Trinajstić information content (AvgIpc) is 3.01. The van der Waals surface area contributed by atoms with E-state index in [1.165, 1.54) is 6.08 Å². The highest BCUT2D eigenvalue weighted by Gasteiger charge is 2.15. The van der Waals surface area contributed by atoms with Gasteiger partial charge in [-0.05, 0) is 51.5 Å². The van der Waals surface area contributed by atoms with Crippen LogP contribution in [0.3, 0.4) is 0 Å². The number of rotatable bonds is 8. The maximum Gasteiger partial charge on any atom is 0.342 e. The molecule has 0 aliphatic heterocycles. The molecule has 0 unspecified atom stereocenters. The highest BCUT2D eigenvalue weighted by atomic mass is 79.9. The molecule has 0 aliphatic rings. The molecule has 0 spiro atoms. The first-order valence-electron chi connectivity index (χ1n) is 6.98. The summed E-state index contributed by atoms with van der Waals surface area (Å²) in [6.45, 7) is 1.38. The lowest BCUT2D eigenvalue weighted by Crippen LogP contribution is -2.09. The van der Waals surface area contributed by atoms with E-state index < -0.39 is 18.5 Å². The maximum absolute atomic E-state index is 11.4. The molecule has 0 saturated heterocycles. The summed E-state index contributed by atoms with van der Waals surface area (Å²) < 4.78 is 10.9. The number of hydrogen-bond acceptors (Lipinski definition) is 7. The molecule has 2 rings (SSSR count). The normalized spacial score (nSPS) is 11.4. The number of aliphatic carboxylic acids is 2. The molecule has 0 atom stereocenters. The Morgan fingerprint density at radius 2 is 2.12 bits per heavy atom. The number of benzene rings is 1. The van der Waals surface area contributed by atoms with Crippen molar-refractivity contribution in [2.24, 2.45) is 0 Å². The highest BCUT2D eigenvalue weighted by Crippen LogP contribution is 2.30. The van der Waals surface area contributed by atoms with Gasteiger partial charge in [0.15, 0.2) is 6.61 Å². The summed E-state index contributed by atoms with van der Waals surface area (Å²) in [6.07, 6.45) is 2.00. The Morgan fingerprint density at radius 1 is 1.36 bits per heavy atom. The summed E-state index contributed by atoms with van der Waals surface area (Å²) >= 11 is 4.11. The molecular weight excluding hydrogens is 416 g/mol. The molecule has 0 aliphatic carbocycles. The van der Waals surface area contributed by atoms with Crippen LogP contribution >= 0.6 is 27.7 Å². The van der Waals surface area contributed by atoms with Crippen molar-refractivity contribution >= 4 is 45.7 Å². The van der Waals surface area contributed by atoms with Crippen LogP contribution < -0.4 is 4.74 Å². The lowest BCUT2D eigenvalue weighted by Gasteiger charge is -2.07. The third kappa shape index (κ3) is 5.61. The molecular formula is C15H13BrN2O6S. The van der Waals surface area contributed by atoms with Crippen LogP contribution in [0.2, 0.25) is 0 Å². The van der Waals surface area contributed by atoms with Gasteiger partial charge in [-0.1, -0.05) is 13.0 Å². The summed E-state index contributed by atoms with van der Waals surface area (Å²) in [7, 11) is 0. The largest absolute Gasteiger partial charge is 0.481 e. The third-order valence-electron chi connectivity index (χ3n) is 2.76. The van der Waals surface area contributed by atoms with Gasteiger partial charge in [-0.3, -0.25) is 0 Å². The average molecular weight is 429 g/mol. The predicted molar refractivity (Wildman–Crippen MR) is 92.4 cm³/mol. The summed E-state index contributed by atoms with van der Waals surface area (Å²) in [5.74, 6) is -1.46. The number of ether oxygens (including phenoxy) is 1. The fourth-order valence-electron chi connectivity index (χ4n) is 1.67. The van der Waals surface area contributed by atoms with E-state index in [9.17, 15) is 14.7 Å². The van der Waals surface area contributed by atoms with Gasteiger partial charge in [0.2, 0.25) is 5.89 Å². The molecule has 8 nitrogen and oxygen atoms in total. The van der Waals surface area contributed by atoms with Gasteiger partial charge in [-0.2, -0.15) is 0 Å². The van der Waals surface area contributed by atoms with Crippen molar-refractivity contribution in [3.05, 3.63) is 39.0 Å². The Bertz CT molecular complexity index is 820. The van der Waals surface area contributed by atoms with Crippen molar-refractivity contribution in [3.63, 3.8) is 0 Å². The van der Waals surface area contributed by atoms with Crippen LogP contribution in [0.4, 0.5) is 0 Å². The van der Waals surface area contributed by atoms with Crippen molar-refractivity contribution in [1.29, 1.82) is 0 Å². The van der Waals surface area contributed by atoms with Gasteiger partial charge in [0, 0.05) is 6.42 Å². The summed E-state index contributed by atoms with van der Waals surface area (Å²) in [6, 6.07) is 4.77. The minimum absolute atomic E-state index is 0.00240. The second kappa shape index (κ2) is 8.67. The van der Waals surface area contributed by atoms with Crippen molar-refractivity contribution in [1.82, 2.24) is 10.2 Å². The molecule has 0 amide bonds. The monoisotopic (exact) mass is 428 g/mol. The zero-order valence-corrected chi connectivity index (χ0v) is 15.3. The van der Waals surface area contributed by atoms with Crippen LogP contribution in [0, 0.1) is 0 Å². The fourth-order valence-corrected chi connectivity index (χ4v) is 2.87. The van der Waals surface area contributed by atoms with Crippen LogP contribution in [0.15, 0.2) is 37.2 Å². The molecule has 2 N–H and O–H groups in total. The van der Waals surface area contributed by atoms with Gasteiger partial charge < -0.3 is 19.4 Å². The first-order valence-corrected chi connectivity index (χ1v) is 8.59. The lowest BCUT2D eigenvalue weighted by atomic mass is 10.2. The quantitative estimate of drug-likeness (QED) is 0.481. The van der Waals surface area contributed by atoms with Crippen molar-refractivity contribution in [2.45, 2.75) is 18.6 Å². The summed E-state index contributed by atoms with van der Waals surface area (Å²) in [5, 5.41) is 25.7. The Labute approximate surface area is 155 Å². The van der Waals surface area contributed by atoms with Gasteiger partial charge >= 0.3 is 11.9 Å². The molecule has 10 heteroatoms. The van der Waals surface area contributed by atoms with Gasteiger partial charge in [0.05, 0.1) is 4.47 Å². The van der Waals surface area contributed by atoms with Crippen molar-refractivity contribution in [3.8, 4) is 5.75 Å². The van der Waals surface area contributed by atoms with E-state index in [0.717, 1.165) is 11.8 Å². The highest BCUT2D eigenvalue weighted by molar-refractivity contribution is 9.10. The molecule has 1 aromatic carbocycles. The van der Waals surface area contributed by atoms with Crippen LogP contribution in [-0.2, 0) is 16.0 Å². The van der Waals surface area contributed by atoms with E-state index in [-0.39, 0.29) is 10.1 Å². The Kier molecular flexibility index (Phi) is 6.59. The van der Waals surface area contributed by atoms with E-state index in [1.54, 1.807) is 18.2 Å². The maximum atomic E-state index is 11.4. The second-order valence-corrected chi connectivity index (χ2v) is 6.45. The number of carboxylic acid groups (broad SMARTS) is 2. The third-order valence-corrected chi connectivity index (χ3v) is 4.24. The van der Waals surface area contributed by atoms with E-state index in [4.69, 9.17) is 14.3 Å². The van der Waals surface area contributed by atoms with E-state index in [0.29, 0.717) is 28.1 Å². The second-order valence-electron chi connectivity index (χ2n) is 4.60. The number of carbonyl (C=O) groups is 2. The molecule has 1 aromatic heterocycles. The first-order chi connectivity index (χ1) is 11.9. The zero-order valence-electron chi connectivity index (χ0n) is 12.9. The van der Waals surface area contributed by atoms with Gasteiger partial charge in [-0.15, -0.1) is 10.2 Å². The number of carboxylic acids is 2. The van der Waals surface area contributed by atoms with Gasteiger partial charge in [0.1, 0.15) is 10.7 Å². The number of aryl methyl sites for hydroxylation is 1. The van der Waals surface area contributed by atoms with Crippen LogP contribution in [0.25, 0.3) is 6.08 Å². The van der Waals surface area contributed by atoms with Crippen LogP contribution in [-0.4, -0.2) is 39.0 Å². The molecule has 1 heterocycles. The molecule has 2 aromatic rings. The molecule has 0 bridgehead atoms. The molecule has 0 fully saturated rings. The number of nitrogens with zero attached hydrogens (tertiary/aromatic N) is 2. The van der Waals surface area contributed by atoms with E-state index in [1.807, 2.05) is 6.92 Å². The molecule has 132 valence electrons. The van der Waals surface area contributed by atoms with Crippen LogP contribution in [0.5, 0.6) is 5.75 Å². The van der Waals surface area contributed by atoms with Crippen LogP contribution in [0.1, 0.15) is 18.4 Å². The summed E-state index contributed by atoms with van der Waals surface area (Å²) in [5.41, 5.74) is 0.578. The van der Waals surface area contributed by atoms with Crippen molar-refractivity contribution in [2.75, 3.05) is 6.61 Å². The first kappa shape index (κ1) is 19.0. The zero-order chi connectivity index (χ0) is 18.4. The Balaban J connectivity index is 2.20. The number of aromatic nitrogens is 2. The number of thioether (sulfide) groups is 1. The fraction of sp³-hybridized carbons (Fsp3) is 0.200. The van der Waals surface area contributed by atoms with Gasteiger partial charge in [0.25, 0.3) is 5.22 Å². The summed E-state index contributed by atoms with van der Waals surface area (Å²) in [4.78, 5) is 22.0.